The molecule has 6 nitrogen and oxygen atoms in total. The van der Waals surface area contributed by atoms with Gasteiger partial charge in [0, 0.05) is 24.0 Å². The van der Waals surface area contributed by atoms with Crippen molar-refractivity contribution in [2.45, 2.75) is 45.6 Å². The van der Waals surface area contributed by atoms with Crippen LogP contribution in [0, 0.1) is 12.8 Å². The van der Waals surface area contributed by atoms with Crippen molar-refractivity contribution in [1.82, 2.24) is 5.32 Å². The molecule has 126 valence electrons. The monoisotopic (exact) mass is 319 g/mol. The first-order valence-electron chi connectivity index (χ1n) is 8.14. The molecule has 0 atom stereocenters. The Bertz CT molecular complexity index is 566. The maximum absolute atomic E-state index is 11.6. The molecule has 0 aliphatic heterocycles. The average molecular weight is 319 g/mol. The third kappa shape index (κ3) is 4.87. The van der Waals surface area contributed by atoms with Crippen LogP contribution >= 0.6 is 0 Å². The van der Waals surface area contributed by atoms with E-state index >= 15 is 0 Å². The minimum atomic E-state index is -0.687. The number of urea groups is 1. The molecule has 2 rings (SSSR count). The molecular formula is C17H25N3O3. The number of hydrogen-bond donors (Lipinski definition) is 4. The lowest BCUT2D eigenvalue weighted by Gasteiger charge is -2.28. The summed E-state index contributed by atoms with van der Waals surface area (Å²) in [6, 6.07) is 5.82. The molecule has 0 spiro atoms. The van der Waals surface area contributed by atoms with Gasteiger partial charge in [0.05, 0.1) is 5.92 Å². The normalized spacial score (nSPS) is 20.6. The molecule has 0 aromatic heterocycles. The van der Waals surface area contributed by atoms with Crippen LogP contribution < -0.4 is 16.0 Å². The third-order valence-electron chi connectivity index (χ3n) is 4.27. The van der Waals surface area contributed by atoms with E-state index in [0.29, 0.717) is 19.4 Å². The number of carbonyl (C=O) groups is 2. The molecule has 4 N–H and O–H groups in total. The molecule has 23 heavy (non-hydrogen) atoms. The maximum atomic E-state index is 11.6. The van der Waals surface area contributed by atoms with Gasteiger partial charge in [-0.2, -0.15) is 0 Å². The molecular weight excluding hydrogens is 294 g/mol. The van der Waals surface area contributed by atoms with Crippen LogP contribution in [0.2, 0.25) is 0 Å². The van der Waals surface area contributed by atoms with E-state index in [4.69, 9.17) is 5.11 Å². The van der Waals surface area contributed by atoms with E-state index in [2.05, 4.69) is 16.0 Å². The van der Waals surface area contributed by atoms with Crippen LogP contribution in [0.4, 0.5) is 16.2 Å². The highest BCUT2D eigenvalue weighted by Gasteiger charge is 2.25. The van der Waals surface area contributed by atoms with Gasteiger partial charge >= 0.3 is 12.0 Å². The van der Waals surface area contributed by atoms with Crippen molar-refractivity contribution in [3.63, 3.8) is 0 Å². The number of carboxylic acids is 1. The van der Waals surface area contributed by atoms with E-state index in [1.54, 1.807) is 0 Å². The summed E-state index contributed by atoms with van der Waals surface area (Å²) in [5, 5.41) is 18.0. The molecule has 1 aromatic carbocycles. The zero-order chi connectivity index (χ0) is 16.8. The molecule has 0 bridgehead atoms. The first-order valence-corrected chi connectivity index (χ1v) is 8.14. The Morgan fingerprint density at radius 3 is 2.52 bits per heavy atom. The molecule has 2 amide bonds. The summed E-state index contributed by atoms with van der Waals surface area (Å²) in [5.41, 5.74) is 2.83. The second kappa shape index (κ2) is 7.85. The highest BCUT2D eigenvalue weighted by Crippen LogP contribution is 2.29. The number of rotatable bonds is 5. The maximum Gasteiger partial charge on any atom is 0.319 e. The van der Waals surface area contributed by atoms with Gasteiger partial charge in [0.1, 0.15) is 0 Å². The van der Waals surface area contributed by atoms with Crippen molar-refractivity contribution in [3.8, 4) is 0 Å². The second-order valence-electron chi connectivity index (χ2n) is 6.05. The summed E-state index contributed by atoms with van der Waals surface area (Å²) >= 11 is 0. The lowest BCUT2D eigenvalue weighted by Crippen LogP contribution is -2.30. The lowest BCUT2D eigenvalue weighted by molar-refractivity contribution is -0.142. The quantitative estimate of drug-likeness (QED) is 0.671. The fourth-order valence-corrected chi connectivity index (χ4v) is 2.90. The van der Waals surface area contributed by atoms with Gasteiger partial charge in [0.25, 0.3) is 0 Å². The molecule has 1 aliphatic rings. The highest BCUT2D eigenvalue weighted by atomic mass is 16.4. The molecule has 1 fully saturated rings. The smallest absolute Gasteiger partial charge is 0.319 e. The van der Waals surface area contributed by atoms with Gasteiger partial charge in [-0.05, 0) is 57.2 Å². The van der Waals surface area contributed by atoms with E-state index in [1.165, 1.54) is 0 Å². The van der Waals surface area contributed by atoms with E-state index < -0.39 is 5.97 Å². The van der Waals surface area contributed by atoms with Gasteiger partial charge < -0.3 is 21.1 Å². The summed E-state index contributed by atoms with van der Waals surface area (Å²) < 4.78 is 0. The molecule has 1 aromatic rings. The molecule has 0 unspecified atom stereocenters. The number of nitrogens with one attached hydrogen (secondary N) is 3. The molecule has 6 heteroatoms. The predicted molar refractivity (Wildman–Crippen MR) is 90.9 cm³/mol. The van der Waals surface area contributed by atoms with Crippen molar-refractivity contribution in [1.29, 1.82) is 0 Å². The number of hydrogen-bond acceptors (Lipinski definition) is 3. The van der Waals surface area contributed by atoms with Crippen LogP contribution in [0.5, 0.6) is 0 Å². The standard InChI is InChI=1S/C17H25N3O3/c1-3-18-17(23)20-14-7-4-11(2)15(10-14)19-13-8-5-12(6-9-13)16(21)22/h4,7,10,12-13,19H,3,5-6,8-9H2,1-2H3,(H,21,22)(H2,18,20,23). The fraction of sp³-hybridized carbons (Fsp3) is 0.529. The number of carboxylic acid groups (broad SMARTS) is 1. The fourth-order valence-electron chi connectivity index (χ4n) is 2.90. The summed E-state index contributed by atoms with van der Waals surface area (Å²) in [6.45, 7) is 4.46. The summed E-state index contributed by atoms with van der Waals surface area (Å²) in [4.78, 5) is 22.6. The minimum Gasteiger partial charge on any atom is -0.481 e. The summed E-state index contributed by atoms with van der Waals surface area (Å²) in [7, 11) is 0. The van der Waals surface area contributed by atoms with E-state index in [9.17, 15) is 9.59 Å². The van der Waals surface area contributed by atoms with Crippen LogP contribution in [0.15, 0.2) is 18.2 Å². The van der Waals surface area contributed by atoms with Gasteiger partial charge in [-0.1, -0.05) is 6.07 Å². The van der Waals surface area contributed by atoms with Gasteiger partial charge in [-0.25, -0.2) is 4.79 Å². The average Bonchev–Trinajstić information content (AvgIpc) is 2.51. The van der Waals surface area contributed by atoms with Crippen molar-refractivity contribution in [2.24, 2.45) is 5.92 Å². The number of aliphatic carboxylic acids is 1. The first-order chi connectivity index (χ1) is 11.0. The van der Waals surface area contributed by atoms with Crippen molar-refractivity contribution >= 4 is 23.4 Å². The Balaban J connectivity index is 1.97. The van der Waals surface area contributed by atoms with Gasteiger partial charge in [-0.3, -0.25) is 4.79 Å². The summed E-state index contributed by atoms with van der Waals surface area (Å²) in [5.74, 6) is -0.896. The zero-order valence-electron chi connectivity index (χ0n) is 13.7. The van der Waals surface area contributed by atoms with Crippen molar-refractivity contribution in [2.75, 3.05) is 17.2 Å². The van der Waals surface area contributed by atoms with E-state index in [0.717, 1.165) is 29.8 Å². The van der Waals surface area contributed by atoms with Crippen LogP contribution in [0.3, 0.4) is 0 Å². The van der Waals surface area contributed by atoms with Crippen LogP contribution in [0.1, 0.15) is 38.2 Å². The number of amides is 2. The van der Waals surface area contributed by atoms with Crippen molar-refractivity contribution in [3.05, 3.63) is 23.8 Å². The Morgan fingerprint density at radius 2 is 1.91 bits per heavy atom. The van der Waals surface area contributed by atoms with Crippen LogP contribution in [0.25, 0.3) is 0 Å². The predicted octanol–water partition coefficient (Wildman–Crippen LogP) is 3.19. The first kappa shape index (κ1) is 17.1. The topological polar surface area (TPSA) is 90.5 Å². The largest absolute Gasteiger partial charge is 0.481 e. The molecule has 0 saturated heterocycles. The Hall–Kier alpha value is -2.24. The van der Waals surface area contributed by atoms with Crippen LogP contribution in [-0.2, 0) is 4.79 Å². The molecule has 0 heterocycles. The highest BCUT2D eigenvalue weighted by molar-refractivity contribution is 5.89. The van der Waals surface area contributed by atoms with Crippen molar-refractivity contribution < 1.29 is 14.7 Å². The second-order valence-corrected chi connectivity index (χ2v) is 6.05. The Morgan fingerprint density at radius 1 is 1.22 bits per heavy atom. The lowest BCUT2D eigenvalue weighted by atomic mass is 9.86. The molecule has 0 radical (unpaired) electrons. The number of carbonyl (C=O) groups excluding carboxylic acids is 1. The minimum absolute atomic E-state index is 0.208. The number of anilines is 2. The van der Waals surface area contributed by atoms with Gasteiger partial charge in [0.15, 0.2) is 0 Å². The van der Waals surface area contributed by atoms with E-state index in [-0.39, 0.29) is 18.0 Å². The number of benzene rings is 1. The molecule has 1 saturated carbocycles. The van der Waals surface area contributed by atoms with Gasteiger partial charge in [-0.15, -0.1) is 0 Å². The SMILES string of the molecule is CCNC(=O)Nc1ccc(C)c(NC2CCC(C(=O)O)CC2)c1. The Kier molecular flexibility index (Phi) is 5.84. The zero-order valence-corrected chi connectivity index (χ0v) is 13.7. The summed E-state index contributed by atoms with van der Waals surface area (Å²) in [6.07, 6.45) is 3.13. The third-order valence-corrected chi connectivity index (χ3v) is 4.27. The van der Waals surface area contributed by atoms with Crippen LogP contribution in [-0.4, -0.2) is 29.7 Å². The number of aryl methyl sites for hydroxylation is 1. The van der Waals surface area contributed by atoms with Gasteiger partial charge in [0.2, 0.25) is 0 Å². The Labute approximate surface area is 136 Å². The van der Waals surface area contributed by atoms with E-state index in [1.807, 2.05) is 32.0 Å². The molecule has 1 aliphatic carbocycles.